The minimum Gasteiger partial charge on any atom is -0.251 e. The molecule has 166 valence electrons. The van der Waals surface area contributed by atoms with E-state index in [4.69, 9.17) is 11.6 Å². The maximum absolute atomic E-state index is 12.8. The predicted octanol–water partition coefficient (Wildman–Crippen LogP) is 4.37. The fourth-order valence-electron chi connectivity index (χ4n) is 2.97. The van der Waals surface area contributed by atoms with Crippen molar-refractivity contribution in [3.8, 4) is 11.1 Å². The molecule has 0 atom stereocenters. The second-order valence-electron chi connectivity index (χ2n) is 6.68. The third-order valence-electron chi connectivity index (χ3n) is 4.49. The van der Waals surface area contributed by atoms with Gasteiger partial charge in [0.1, 0.15) is 5.69 Å². The van der Waals surface area contributed by atoms with Crippen LogP contribution in [0.5, 0.6) is 0 Å². The maximum Gasteiger partial charge on any atom is 0.433 e. The lowest BCUT2D eigenvalue weighted by molar-refractivity contribution is -0.141. The smallest absolute Gasteiger partial charge is 0.251 e. The molecule has 0 N–H and O–H groups in total. The van der Waals surface area contributed by atoms with Gasteiger partial charge in [-0.2, -0.15) is 13.2 Å². The highest BCUT2D eigenvalue weighted by Crippen LogP contribution is 2.31. The molecule has 0 aliphatic heterocycles. The number of hydrogen-bond acceptors (Lipinski definition) is 5. The molecule has 0 aliphatic rings. The molecular formula is C19H11BrClF3N4O3S. The summed E-state index contributed by atoms with van der Waals surface area (Å²) >= 11 is 9.27. The summed E-state index contributed by atoms with van der Waals surface area (Å²) in [5.41, 5.74) is -0.662. The van der Waals surface area contributed by atoms with Crippen LogP contribution < -0.4 is 5.69 Å². The highest BCUT2D eigenvalue weighted by atomic mass is 79.9. The number of alkyl halides is 3. The fourth-order valence-corrected chi connectivity index (χ4v) is 4.97. The zero-order valence-corrected chi connectivity index (χ0v) is 18.9. The van der Waals surface area contributed by atoms with Crippen LogP contribution in [-0.2, 0) is 22.0 Å². The van der Waals surface area contributed by atoms with Gasteiger partial charge in [0.2, 0.25) is 0 Å². The van der Waals surface area contributed by atoms with E-state index in [1.54, 1.807) is 30.3 Å². The van der Waals surface area contributed by atoms with Crippen LogP contribution in [0.2, 0.25) is 5.02 Å². The van der Waals surface area contributed by atoms with E-state index < -0.39 is 33.3 Å². The summed E-state index contributed by atoms with van der Waals surface area (Å²) in [5, 5.41) is 4.48. The van der Waals surface area contributed by atoms with Gasteiger partial charge in [0.15, 0.2) is 5.65 Å². The van der Waals surface area contributed by atoms with E-state index in [2.05, 4.69) is 26.0 Å². The van der Waals surface area contributed by atoms with Crippen LogP contribution in [0.25, 0.3) is 16.8 Å². The number of pyridine rings is 2. The second kappa shape index (κ2) is 8.01. The van der Waals surface area contributed by atoms with E-state index in [1.807, 2.05) is 0 Å². The van der Waals surface area contributed by atoms with Crippen molar-refractivity contribution in [2.75, 3.05) is 0 Å². The van der Waals surface area contributed by atoms with E-state index in [1.165, 1.54) is 6.20 Å². The summed E-state index contributed by atoms with van der Waals surface area (Å²) < 4.78 is 65.3. The Balaban J connectivity index is 1.74. The molecule has 4 rings (SSSR count). The minimum absolute atomic E-state index is 0.0251. The van der Waals surface area contributed by atoms with Gasteiger partial charge in [0.05, 0.1) is 10.2 Å². The first-order chi connectivity index (χ1) is 15.0. The fraction of sp³-hybridized carbons (Fsp3) is 0.105. The zero-order valence-electron chi connectivity index (χ0n) is 15.7. The Morgan fingerprint density at radius 2 is 1.75 bits per heavy atom. The van der Waals surface area contributed by atoms with Crippen LogP contribution in [0.4, 0.5) is 13.2 Å². The summed E-state index contributed by atoms with van der Waals surface area (Å²) in [4.78, 5) is 15.9. The molecule has 0 amide bonds. The van der Waals surface area contributed by atoms with Crippen molar-refractivity contribution in [3.05, 3.63) is 86.1 Å². The average Bonchev–Trinajstić information content (AvgIpc) is 3.07. The first-order valence-electron chi connectivity index (χ1n) is 8.78. The van der Waals surface area contributed by atoms with Gasteiger partial charge in [-0.3, -0.25) is 4.98 Å². The topological polar surface area (TPSA) is 86.3 Å². The lowest BCUT2D eigenvalue weighted by Crippen LogP contribution is -2.29. The van der Waals surface area contributed by atoms with Crippen LogP contribution in [0.3, 0.4) is 0 Å². The van der Waals surface area contributed by atoms with Gasteiger partial charge >= 0.3 is 11.9 Å². The minimum atomic E-state index is -4.65. The Labute approximate surface area is 192 Å². The number of aromatic nitrogens is 4. The summed E-state index contributed by atoms with van der Waals surface area (Å²) in [6, 6.07) is 10.1. The van der Waals surface area contributed by atoms with Crippen LogP contribution in [0.15, 0.2) is 64.1 Å². The molecule has 0 aliphatic carbocycles. The molecule has 0 unspecified atom stereocenters. The van der Waals surface area contributed by atoms with E-state index in [0.717, 1.165) is 22.2 Å². The highest BCUT2D eigenvalue weighted by Gasteiger charge is 2.32. The van der Waals surface area contributed by atoms with Gasteiger partial charge in [-0.25, -0.2) is 17.6 Å². The number of halogens is 5. The largest absolute Gasteiger partial charge is 0.433 e. The van der Waals surface area contributed by atoms with Crippen molar-refractivity contribution in [1.29, 1.82) is 0 Å². The van der Waals surface area contributed by atoms with Crippen molar-refractivity contribution in [1.82, 2.24) is 18.6 Å². The van der Waals surface area contributed by atoms with E-state index in [9.17, 15) is 26.4 Å². The summed E-state index contributed by atoms with van der Waals surface area (Å²) in [7, 11) is -4.34. The Hall–Kier alpha value is -2.70. The van der Waals surface area contributed by atoms with Crippen molar-refractivity contribution in [2.24, 2.45) is 0 Å². The first-order valence-corrected chi connectivity index (χ1v) is 11.6. The van der Waals surface area contributed by atoms with E-state index in [0.29, 0.717) is 25.2 Å². The number of nitrogens with zero attached hydrogens (tertiary/aromatic N) is 4. The molecule has 4 aromatic rings. The standard InChI is InChI=1S/C19H11BrClF3N4O3S/c20-16-14(12-2-4-13(21)5-3-12)7-8-27-17(16)26-28(18(27)29)32(30,31)10-11-1-6-15(25-9-11)19(22,23)24/h1-9H,10H2. The van der Waals surface area contributed by atoms with E-state index >= 15 is 0 Å². The highest BCUT2D eigenvalue weighted by molar-refractivity contribution is 9.10. The Bertz CT molecular complexity index is 1480. The molecule has 32 heavy (non-hydrogen) atoms. The Kier molecular flexibility index (Phi) is 5.63. The quantitative estimate of drug-likeness (QED) is 0.379. The molecule has 0 spiro atoms. The van der Waals surface area contributed by atoms with Crippen LogP contribution in [0.1, 0.15) is 11.3 Å². The Morgan fingerprint density at radius 1 is 1.06 bits per heavy atom. The SMILES string of the molecule is O=c1n(S(=O)(=O)Cc2ccc(C(F)(F)F)nc2)nc2c(Br)c(-c3ccc(Cl)cc3)ccn12. The van der Waals surface area contributed by atoms with Gasteiger partial charge in [-0.15, -0.1) is 9.19 Å². The Morgan fingerprint density at radius 3 is 2.34 bits per heavy atom. The second-order valence-corrected chi connectivity index (χ2v) is 9.70. The molecule has 0 saturated carbocycles. The lowest BCUT2D eigenvalue weighted by Gasteiger charge is -2.06. The molecule has 1 aromatic carbocycles. The van der Waals surface area contributed by atoms with Crippen LogP contribution in [0, 0.1) is 0 Å². The van der Waals surface area contributed by atoms with Crippen molar-refractivity contribution >= 4 is 43.2 Å². The zero-order chi connectivity index (χ0) is 23.3. The number of fused-ring (bicyclic) bond motifs is 1. The average molecular weight is 548 g/mol. The summed E-state index contributed by atoms with van der Waals surface area (Å²) in [5.74, 6) is -0.760. The monoisotopic (exact) mass is 546 g/mol. The molecule has 0 radical (unpaired) electrons. The number of hydrogen-bond donors (Lipinski definition) is 0. The van der Waals surface area contributed by atoms with Crippen LogP contribution >= 0.6 is 27.5 Å². The van der Waals surface area contributed by atoms with Crippen molar-refractivity contribution in [3.63, 3.8) is 0 Å². The number of benzene rings is 1. The molecule has 0 bridgehead atoms. The normalized spacial score (nSPS) is 12.4. The molecule has 3 aromatic heterocycles. The summed E-state index contributed by atoms with van der Waals surface area (Å²) in [6.45, 7) is 0. The summed E-state index contributed by atoms with van der Waals surface area (Å²) in [6.07, 6.45) is -2.47. The molecule has 3 heterocycles. The lowest BCUT2D eigenvalue weighted by atomic mass is 10.1. The van der Waals surface area contributed by atoms with E-state index in [-0.39, 0.29) is 11.2 Å². The van der Waals surface area contributed by atoms with Gasteiger partial charge in [0, 0.05) is 23.0 Å². The predicted molar refractivity (Wildman–Crippen MR) is 115 cm³/mol. The first kappa shape index (κ1) is 22.5. The molecule has 13 heteroatoms. The van der Waals surface area contributed by atoms with Crippen molar-refractivity contribution in [2.45, 2.75) is 11.9 Å². The van der Waals surface area contributed by atoms with Gasteiger partial charge in [-0.1, -0.05) is 29.8 Å². The third kappa shape index (κ3) is 4.17. The van der Waals surface area contributed by atoms with Gasteiger partial charge < -0.3 is 0 Å². The third-order valence-corrected chi connectivity index (χ3v) is 6.99. The molecule has 0 fully saturated rings. The van der Waals surface area contributed by atoms with Crippen LogP contribution in [-0.4, -0.2) is 27.0 Å². The number of rotatable bonds is 4. The molecule has 7 nitrogen and oxygen atoms in total. The maximum atomic E-state index is 12.8. The molecule has 0 saturated heterocycles. The van der Waals surface area contributed by atoms with Gasteiger partial charge in [0.25, 0.3) is 10.0 Å². The molecular weight excluding hydrogens is 537 g/mol. The van der Waals surface area contributed by atoms with Gasteiger partial charge in [-0.05, 0) is 51.3 Å². The van der Waals surface area contributed by atoms with Crippen molar-refractivity contribution < 1.29 is 21.6 Å².